The third-order valence-corrected chi connectivity index (χ3v) is 3.07. The topological polar surface area (TPSA) is 20.2 Å². The summed E-state index contributed by atoms with van der Waals surface area (Å²) < 4.78 is 0. The molecule has 1 aromatic rings. The maximum atomic E-state index is 9.67. The van der Waals surface area contributed by atoms with Crippen molar-refractivity contribution in [3.05, 3.63) is 35.4 Å². The Kier molecular flexibility index (Phi) is 6.17. The van der Waals surface area contributed by atoms with Gasteiger partial charge in [-0.1, -0.05) is 57.4 Å². The Bertz CT molecular complexity index is 276. The van der Waals surface area contributed by atoms with Crippen molar-refractivity contribution in [1.82, 2.24) is 0 Å². The molecular formula is C15H24O. The van der Waals surface area contributed by atoms with E-state index in [9.17, 15) is 5.11 Å². The summed E-state index contributed by atoms with van der Waals surface area (Å²) in [6, 6.07) is 8.42. The van der Waals surface area contributed by atoms with Gasteiger partial charge in [-0.25, -0.2) is 0 Å². The van der Waals surface area contributed by atoms with Crippen LogP contribution in [0.15, 0.2) is 24.3 Å². The number of hydrogen-bond acceptors (Lipinski definition) is 1. The lowest BCUT2D eigenvalue weighted by atomic mass is 10.0. The van der Waals surface area contributed by atoms with Crippen LogP contribution in [0.4, 0.5) is 0 Å². The highest BCUT2D eigenvalue weighted by Gasteiger charge is 2.03. The van der Waals surface area contributed by atoms with Crippen LogP contribution in [0.5, 0.6) is 0 Å². The predicted molar refractivity (Wildman–Crippen MR) is 69.5 cm³/mol. The van der Waals surface area contributed by atoms with E-state index in [1.54, 1.807) is 0 Å². The van der Waals surface area contributed by atoms with Gasteiger partial charge < -0.3 is 5.11 Å². The number of aliphatic hydroxyl groups is 1. The van der Waals surface area contributed by atoms with E-state index in [-0.39, 0.29) is 6.10 Å². The average Bonchev–Trinajstić information content (AvgIpc) is 2.34. The van der Waals surface area contributed by atoms with Crippen molar-refractivity contribution in [2.45, 2.75) is 58.5 Å². The Morgan fingerprint density at radius 3 is 2.25 bits per heavy atom. The summed E-state index contributed by atoms with van der Waals surface area (Å²) in [7, 11) is 0. The first kappa shape index (κ1) is 13.2. The second-order valence-corrected chi connectivity index (χ2v) is 4.48. The van der Waals surface area contributed by atoms with E-state index in [0.717, 1.165) is 12.0 Å². The van der Waals surface area contributed by atoms with Crippen LogP contribution in [0.1, 0.15) is 63.2 Å². The second kappa shape index (κ2) is 7.45. The van der Waals surface area contributed by atoms with Crippen LogP contribution in [0.3, 0.4) is 0 Å². The number of unbranched alkanes of at least 4 members (excludes halogenated alkanes) is 3. The fourth-order valence-corrected chi connectivity index (χ4v) is 1.90. The van der Waals surface area contributed by atoms with Crippen molar-refractivity contribution in [2.75, 3.05) is 0 Å². The zero-order valence-corrected chi connectivity index (χ0v) is 10.6. The van der Waals surface area contributed by atoms with Gasteiger partial charge in [-0.3, -0.25) is 0 Å². The van der Waals surface area contributed by atoms with Crippen LogP contribution >= 0.6 is 0 Å². The highest BCUT2D eigenvalue weighted by atomic mass is 16.3. The van der Waals surface area contributed by atoms with Gasteiger partial charge in [0.15, 0.2) is 0 Å². The Morgan fingerprint density at radius 2 is 1.69 bits per heavy atom. The molecule has 0 fully saturated rings. The minimum Gasteiger partial charge on any atom is -0.388 e. The molecule has 1 unspecified atom stereocenters. The van der Waals surface area contributed by atoms with Crippen LogP contribution in [0, 0.1) is 0 Å². The maximum absolute atomic E-state index is 9.67. The number of aryl methyl sites for hydroxylation is 1. The van der Waals surface area contributed by atoms with Crippen LogP contribution in [-0.4, -0.2) is 5.11 Å². The van der Waals surface area contributed by atoms with Gasteiger partial charge in [0.25, 0.3) is 0 Å². The highest BCUT2D eigenvalue weighted by molar-refractivity contribution is 5.24. The smallest absolute Gasteiger partial charge is 0.0787 e. The van der Waals surface area contributed by atoms with E-state index < -0.39 is 0 Å². The van der Waals surface area contributed by atoms with Gasteiger partial charge in [-0.2, -0.15) is 0 Å². The predicted octanol–water partition coefficient (Wildman–Crippen LogP) is 4.25. The van der Waals surface area contributed by atoms with Gasteiger partial charge in [0.1, 0.15) is 0 Å². The van der Waals surface area contributed by atoms with Gasteiger partial charge in [0.2, 0.25) is 0 Å². The van der Waals surface area contributed by atoms with Gasteiger partial charge >= 0.3 is 0 Å². The molecule has 1 heteroatoms. The van der Waals surface area contributed by atoms with Gasteiger partial charge in [0, 0.05) is 0 Å². The third kappa shape index (κ3) is 4.36. The zero-order chi connectivity index (χ0) is 11.8. The molecule has 0 aromatic heterocycles. The van der Waals surface area contributed by atoms with Gasteiger partial charge in [-0.05, 0) is 30.4 Å². The quantitative estimate of drug-likeness (QED) is 0.681. The molecule has 1 nitrogen and oxygen atoms in total. The number of hydrogen-bond donors (Lipinski definition) is 1. The summed E-state index contributed by atoms with van der Waals surface area (Å²) in [6.45, 7) is 4.24. The molecular weight excluding hydrogens is 196 g/mol. The third-order valence-electron chi connectivity index (χ3n) is 3.07. The summed E-state index contributed by atoms with van der Waals surface area (Å²) in [5, 5.41) is 9.67. The van der Waals surface area contributed by atoms with Crippen LogP contribution < -0.4 is 0 Å². The monoisotopic (exact) mass is 220 g/mol. The first-order valence-electron chi connectivity index (χ1n) is 6.54. The molecule has 1 rings (SSSR count). The molecule has 16 heavy (non-hydrogen) atoms. The molecule has 0 bridgehead atoms. The van der Waals surface area contributed by atoms with E-state index in [1.807, 2.05) is 6.92 Å². The van der Waals surface area contributed by atoms with E-state index in [4.69, 9.17) is 0 Å². The Hall–Kier alpha value is -0.820. The summed E-state index contributed by atoms with van der Waals surface area (Å²) in [4.78, 5) is 0. The van der Waals surface area contributed by atoms with E-state index in [1.165, 1.54) is 37.7 Å². The van der Waals surface area contributed by atoms with Crippen LogP contribution in [0.25, 0.3) is 0 Å². The van der Waals surface area contributed by atoms with Crippen molar-refractivity contribution in [3.8, 4) is 0 Å². The second-order valence-electron chi connectivity index (χ2n) is 4.48. The molecule has 0 aliphatic rings. The highest BCUT2D eigenvalue weighted by Crippen LogP contribution is 2.17. The fourth-order valence-electron chi connectivity index (χ4n) is 1.90. The molecule has 1 atom stereocenters. The molecule has 0 radical (unpaired) electrons. The molecule has 0 aliphatic carbocycles. The summed E-state index contributed by atoms with van der Waals surface area (Å²) in [5.41, 5.74) is 2.43. The van der Waals surface area contributed by atoms with Gasteiger partial charge in [-0.15, -0.1) is 0 Å². The summed E-state index contributed by atoms with van der Waals surface area (Å²) in [5.74, 6) is 0. The van der Waals surface area contributed by atoms with Crippen molar-refractivity contribution in [1.29, 1.82) is 0 Å². The average molecular weight is 220 g/mol. The number of aliphatic hydroxyl groups excluding tert-OH is 1. The normalized spacial score (nSPS) is 12.7. The SMILES string of the molecule is CCCCCCc1ccc(C(O)CC)cc1. The molecule has 0 amide bonds. The van der Waals surface area contributed by atoms with Crippen molar-refractivity contribution in [3.63, 3.8) is 0 Å². The number of rotatable bonds is 7. The lowest BCUT2D eigenvalue weighted by molar-refractivity contribution is 0.173. The summed E-state index contributed by atoms with van der Waals surface area (Å²) >= 11 is 0. The maximum Gasteiger partial charge on any atom is 0.0787 e. The minimum atomic E-state index is -0.297. The molecule has 0 spiro atoms. The van der Waals surface area contributed by atoms with Crippen molar-refractivity contribution >= 4 is 0 Å². The van der Waals surface area contributed by atoms with Crippen molar-refractivity contribution < 1.29 is 5.11 Å². The Labute approximate surface area is 99.5 Å². The zero-order valence-electron chi connectivity index (χ0n) is 10.6. The number of benzene rings is 1. The minimum absolute atomic E-state index is 0.297. The lowest BCUT2D eigenvalue weighted by Gasteiger charge is -2.08. The lowest BCUT2D eigenvalue weighted by Crippen LogP contribution is -1.95. The summed E-state index contributed by atoms with van der Waals surface area (Å²) in [6.07, 6.45) is 6.90. The molecule has 90 valence electrons. The van der Waals surface area contributed by atoms with E-state index in [2.05, 4.69) is 31.2 Å². The molecule has 1 aromatic carbocycles. The standard InChI is InChI=1S/C15H24O/c1-3-5-6-7-8-13-9-11-14(12-10-13)15(16)4-2/h9-12,15-16H,3-8H2,1-2H3. The van der Waals surface area contributed by atoms with E-state index in [0.29, 0.717) is 0 Å². The largest absolute Gasteiger partial charge is 0.388 e. The fraction of sp³-hybridized carbons (Fsp3) is 0.600. The molecule has 0 aliphatic heterocycles. The van der Waals surface area contributed by atoms with Crippen LogP contribution in [0.2, 0.25) is 0 Å². The Balaban J connectivity index is 2.39. The molecule has 0 saturated carbocycles. The van der Waals surface area contributed by atoms with Gasteiger partial charge in [0.05, 0.1) is 6.10 Å². The molecule has 0 heterocycles. The Morgan fingerprint density at radius 1 is 1.00 bits per heavy atom. The first-order chi connectivity index (χ1) is 7.77. The molecule has 1 N–H and O–H groups in total. The first-order valence-corrected chi connectivity index (χ1v) is 6.54. The van der Waals surface area contributed by atoms with Crippen LogP contribution in [-0.2, 0) is 6.42 Å². The van der Waals surface area contributed by atoms with E-state index >= 15 is 0 Å². The molecule has 0 saturated heterocycles. The van der Waals surface area contributed by atoms with Crippen molar-refractivity contribution in [2.24, 2.45) is 0 Å².